The number of halogens is 2. The van der Waals surface area contributed by atoms with Crippen molar-refractivity contribution in [1.82, 2.24) is 14.9 Å². The number of rotatable bonds is 8. The summed E-state index contributed by atoms with van der Waals surface area (Å²) >= 11 is 3.39. The van der Waals surface area contributed by atoms with Crippen LogP contribution in [-0.2, 0) is 11.3 Å². The second-order valence-electron chi connectivity index (χ2n) is 6.32. The quantitative estimate of drug-likeness (QED) is 0.517. The zero-order valence-electron chi connectivity index (χ0n) is 15.5. The minimum absolute atomic E-state index is 0.0900. The number of hydrogen-bond donors (Lipinski definition) is 1. The monoisotopic (exact) mass is 445 g/mol. The van der Waals surface area contributed by atoms with E-state index in [2.05, 4.69) is 26.2 Å². The number of carbonyl (C=O) groups excluding carboxylic acids is 1. The van der Waals surface area contributed by atoms with E-state index in [9.17, 15) is 9.18 Å². The lowest BCUT2D eigenvalue weighted by molar-refractivity contribution is -0.121. The van der Waals surface area contributed by atoms with Gasteiger partial charge in [-0.15, -0.1) is 0 Å². The van der Waals surface area contributed by atoms with Gasteiger partial charge in [0.2, 0.25) is 5.91 Å². The van der Waals surface area contributed by atoms with Crippen molar-refractivity contribution in [3.8, 4) is 11.4 Å². The molecule has 0 aliphatic carbocycles. The molecule has 1 amide bonds. The lowest BCUT2D eigenvalue weighted by Crippen LogP contribution is -2.23. The molecule has 28 heavy (non-hydrogen) atoms. The van der Waals surface area contributed by atoms with Crippen LogP contribution in [0.25, 0.3) is 5.69 Å². The molecule has 1 heterocycles. The first kappa shape index (κ1) is 20.1. The molecule has 3 aromatic rings. The highest BCUT2D eigenvalue weighted by Crippen LogP contribution is 2.18. The van der Waals surface area contributed by atoms with E-state index in [0.717, 1.165) is 10.2 Å². The molecule has 7 heteroatoms. The number of nitrogens with one attached hydrogen (secondary N) is 1. The van der Waals surface area contributed by atoms with Gasteiger partial charge in [-0.05, 0) is 49.2 Å². The maximum absolute atomic E-state index is 14.4. The molecule has 0 aliphatic rings. The smallest absolute Gasteiger partial charge is 0.220 e. The Bertz CT molecular complexity index is 958. The van der Waals surface area contributed by atoms with Crippen LogP contribution in [0.4, 0.5) is 4.39 Å². The second kappa shape index (κ2) is 9.50. The van der Waals surface area contributed by atoms with E-state index in [1.54, 1.807) is 29.1 Å². The fraction of sp³-hybridized carbons (Fsp3) is 0.238. The molecule has 2 aromatic carbocycles. The molecule has 0 unspecified atom stereocenters. The molecular weight excluding hydrogens is 425 g/mol. The van der Waals surface area contributed by atoms with Crippen LogP contribution in [-0.4, -0.2) is 22.1 Å². The number of aryl methyl sites for hydroxylation is 1. The van der Waals surface area contributed by atoms with Gasteiger partial charge in [-0.1, -0.05) is 28.1 Å². The highest BCUT2D eigenvalue weighted by molar-refractivity contribution is 9.10. The van der Waals surface area contributed by atoms with Gasteiger partial charge >= 0.3 is 0 Å². The SMILES string of the molecule is Cc1nccn1-c1ccc(CNC(=O)CCCOc2cccc(Br)c2)cc1F. The van der Waals surface area contributed by atoms with Gasteiger partial charge in [0.15, 0.2) is 0 Å². The largest absolute Gasteiger partial charge is 0.494 e. The van der Waals surface area contributed by atoms with E-state index >= 15 is 0 Å². The number of hydrogen-bond acceptors (Lipinski definition) is 3. The van der Waals surface area contributed by atoms with Crippen molar-refractivity contribution < 1.29 is 13.9 Å². The summed E-state index contributed by atoms with van der Waals surface area (Å²) < 4.78 is 22.6. The third kappa shape index (κ3) is 5.42. The molecule has 146 valence electrons. The molecular formula is C21H21BrFN3O2. The molecule has 0 saturated heterocycles. The number of amides is 1. The number of imidazole rings is 1. The molecule has 0 fully saturated rings. The Morgan fingerprint density at radius 3 is 2.86 bits per heavy atom. The van der Waals surface area contributed by atoms with Crippen molar-refractivity contribution in [2.24, 2.45) is 0 Å². The Morgan fingerprint density at radius 2 is 2.14 bits per heavy atom. The summed E-state index contributed by atoms with van der Waals surface area (Å²) in [6.45, 7) is 2.55. The van der Waals surface area contributed by atoms with Gasteiger partial charge in [-0.25, -0.2) is 9.37 Å². The number of aromatic nitrogens is 2. The first-order chi connectivity index (χ1) is 13.5. The highest BCUT2D eigenvalue weighted by atomic mass is 79.9. The summed E-state index contributed by atoms with van der Waals surface area (Å²) in [6.07, 6.45) is 4.29. The van der Waals surface area contributed by atoms with E-state index in [4.69, 9.17) is 4.74 Å². The number of benzene rings is 2. The maximum atomic E-state index is 14.4. The fourth-order valence-corrected chi connectivity index (χ4v) is 3.14. The number of carbonyl (C=O) groups is 1. The Hall–Kier alpha value is -2.67. The molecule has 5 nitrogen and oxygen atoms in total. The van der Waals surface area contributed by atoms with Crippen molar-refractivity contribution in [3.63, 3.8) is 0 Å². The van der Waals surface area contributed by atoms with Gasteiger partial charge in [-0.3, -0.25) is 4.79 Å². The molecule has 1 N–H and O–H groups in total. The van der Waals surface area contributed by atoms with E-state index < -0.39 is 0 Å². The van der Waals surface area contributed by atoms with Gasteiger partial charge in [0.1, 0.15) is 17.4 Å². The van der Waals surface area contributed by atoms with Crippen molar-refractivity contribution >= 4 is 21.8 Å². The summed E-state index contributed by atoms with van der Waals surface area (Å²) in [5.74, 6) is 1.03. The molecule has 0 atom stereocenters. The van der Waals surface area contributed by atoms with Crippen molar-refractivity contribution in [3.05, 3.63) is 76.5 Å². The van der Waals surface area contributed by atoms with Crippen LogP contribution in [0.1, 0.15) is 24.2 Å². The van der Waals surface area contributed by atoms with E-state index in [1.807, 2.05) is 31.2 Å². The van der Waals surface area contributed by atoms with Crippen LogP contribution in [0.5, 0.6) is 5.75 Å². The van der Waals surface area contributed by atoms with Crippen LogP contribution in [0.15, 0.2) is 59.3 Å². The normalized spacial score (nSPS) is 10.7. The Kier molecular flexibility index (Phi) is 6.81. The van der Waals surface area contributed by atoms with Crippen LogP contribution in [0.2, 0.25) is 0 Å². The lowest BCUT2D eigenvalue weighted by atomic mass is 10.2. The third-order valence-electron chi connectivity index (χ3n) is 4.20. The van der Waals surface area contributed by atoms with E-state index in [1.165, 1.54) is 6.07 Å². The first-order valence-electron chi connectivity index (χ1n) is 8.97. The predicted octanol–water partition coefficient (Wildman–Crippen LogP) is 4.56. The zero-order chi connectivity index (χ0) is 19.9. The molecule has 1 aromatic heterocycles. The maximum Gasteiger partial charge on any atom is 0.220 e. The van der Waals surface area contributed by atoms with Crippen molar-refractivity contribution in [1.29, 1.82) is 0 Å². The minimum atomic E-state index is -0.352. The fourth-order valence-electron chi connectivity index (χ4n) is 2.76. The molecule has 0 aliphatic heterocycles. The first-order valence-corrected chi connectivity index (χ1v) is 9.76. The summed E-state index contributed by atoms with van der Waals surface area (Å²) in [5.41, 5.74) is 1.15. The summed E-state index contributed by atoms with van der Waals surface area (Å²) in [6, 6.07) is 12.5. The average molecular weight is 446 g/mol. The molecule has 0 saturated carbocycles. The van der Waals surface area contributed by atoms with Gasteiger partial charge < -0.3 is 14.6 Å². The summed E-state index contributed by atoms with van der Waals surface area (Å²) in [4.78, 5) is 16.1. The van der Waals surface area contributed by atoms with Crippen molar-refractivity contribution in [2.45, 2.75) is 26.3 Å². The van der Waals surface area contributed by atoms with Crippen LogP contribution >= 0.6 is 15.9 Å². The predicted molar refractivity (Wildman–Crippen MR) is 109 cm³/mol. The molecule has 0 bridgehead atoms. The van der Waals surface area contributed by atoms with Gasteiger partial charge in [0.05, 0.1) is 12.3 Å². The Labute approximate surface area is 171 Å². The van der Waals surface area contributed by atoms with Crippen molar-refractivity contribution in [2.75, 3.05) is 6.61 Å². The summed E-state index contributed by atoms with van der Waals surface area (Å²) in [7, 11) is 0. The average Bonchev–Trinajstić information content (AvgIpc) is 3.09. The topological polar surface area (TPSA) is 56.2 Å². The Morgan fingerprint density at radius 1 is 1.29 bits per heavy atom. The lowest BCUT2D eigenvalue weighted by Gasteiger charge is -2.10. The van der Waals surface area contributed by atoms with E-state index in [0.29, 0.717) is 36.5 Å². The highest BCUT2D eigenvalue weighted by Gasteiger charge is 2.09. The van der Waals surface area contributed by atoms with Crippen LogP contribution < -0.4 is 10.1 Å². The van der Waals surface area contributed by atoms with Crippen LogP contribution in [0.3, 0.4) is 0 Å². The Balaban J connectivity index is 1.43. The van der Waals surface area contributed by atoms with Gasteiger partial charge in [0.25, 0.3) is 0 Å². The second-order valence-corrected chi connectivity index (χ2v) is 7.23. The number of ether oxygens (including phenoxy) is 1. The van der Waals surface area contributed by atoms with Crippen LogP contribution in [0, 0.1) is 12.7 Å². The zero-order valence-corrected chi connectivity index (χ0v) is 17.1. The summed E-state index contributed by atoms with van der Waals surface area (Å²) in [5, 5.41) is 2.81. The van der Waals surface area contributed by atoms with Gasteiger partial charge in [-0.2, -0.15) is 0 Å². The minimum Gasteiger partial charge on any atom is -0.494 e. The van der Waals surface area contributed by atoms with E-state index in [-0.39, 0.29) is 18.3 Å². The van der Waals surface area contributed by atoms with Gasteiger partial charge in [0, 0.05) is 29.8 Å². The number of nitrogens with zero attached hydrogens (tertiary/aromatic N) is 2. The molecule has 0 radical (unpaired) electrons. The third-order valence-corrected chi connectivity index (χ3v) is 4.69. The standard InChI is InChI=1S/C21H21BrFN3O2/c1-15-24-9-10-26(15)20-8-7-16(12-19(20)23)14-25-21(27)6-3-11-28-18-5-2-4-17(22)13-18/h2,4-5,7-10,12-13H,3,6,11,14H2,1H3,(H,25,27). The molecule has 3 rings (SSSR count). The molecule has 0 spiro atoms.